The van der Waals surface area contributed by atoms with Gasteiger partial charge in [0, 0.05) is 12.0 Å². The van der Waals surface area contributed by atoms with E-state index >= 15 is 0 Å². The number of aromatic nitrogens is 1. The van der Waals surface area contributed by atoms with E-state index in [-0.39, 0.29) is 0 Å². The molecule has 0 fully saturated rings. The Bertz CT molecular complexity index is 267. The molecule has 6 heteroatoms. The fourth-order valence-electron chi connectivity index (χ4n) is 0.928. The lowest BCUT2D eigenvalue weighted by Gasteiger charge is -2.24. The van der Waals surface area contributed by atoms with Crippen molar-refractivity contribution in [2.75, 3.05) is 6.61 Å². The summed E-state index contributed by atoms with van der Waals surface area (Å²) in [5.74, 6) is -0.984. The van der Waals surface area contributed by atoms with Crippen molar-refractivity contribution in [2.45, 2.75) is 19.6 Å². The predicted octanol–water partition coefficient (Wildman–Crippen LogP) is 1.84. The normalized spacial score (nSPS) is 16.5. The molecule has 0 saturated carbocycles. The van der Waals surface area contributed by atoms with E-state index in [9.17, 15) is 4.57 Å². The summed E-state index contributed by atoms with van der Waals surface area (Å²) in [6.07, 6.45) is 0. The molecule has 0 aliphatic carbocycles. The molecule has 0 saturated heterocycles. The van der Waals surface area contributed by atoms with E-state index in [4.69, 9.17) is 9.26 Å². The monoisotopic (exact) mass is 220 g/mol. The molecule has 73 valence electrons. The van der Waals surface area contributed by atoms with Gasteiger partial charge in [0.05, 0.1) is 0 Å². The first kappa shape index (κ1) is 10.9. The molecule has 2 unspecified atom stereocenters. The molecule has 2 atom stereocenters. The van der Waals surface area contributed by atoms with Crippen LogP contribution in [0, 0.1) is 5.51 Å². The maximum absolute atomic E-state index is 10.5. The zero-order valence-electron chi connectivity index (χ0n) is 7.44. The number of rotatable bonds is 5. The third-order valence-electron chi connectivity index (χ3n) is 1.55. The Balaban J connectivity index is 2.83. The van der Waals surface area contributed by atoms with Gasteiger partial charge in [0.2, 0.25) is 5.79 Å². The van der Waals surface area contributed by atoms with Gasteiger partial charge in [0.25, 0.3) is 0 Å². The Labute approximate surface area is 82.2 Å². The topological polar surface area (TPSA) is 48.4 Å². The Morgan fingerprint density at radius 2 is 2.62 bits per heavy atom. The average Bonchev–Trinajstić information content (AvgIpc) is 2.57. The Morgan fingerprint density at radius 1 is 1.85 bits per heavy atom. The van der Waals surface area contributed by atoms with Crippen LogP contribution in [0.15, 0.2) is 5.38 Å². The van der Waals surface area contributed by atoms with Crippen molar-refractivity contribution >= 4 is 20.0 Å². The lowest BCUT2D eigenvalue weighted by atomic mass is 10.2. The molecular weight excluding hydrogens is 209 g/mol. The van der Waals surface area contributed by atoms with Crippen molar-refractivity contribution in [1.29, 1.82) is 0 Å². The Morgan fingerprint density at radius 3 is 3.08 bits per heavy atom. The second-order valence-electron chi connectivity index (χ2n) is 2.42. The molecule has 4 nitrogen and oxygen atoms in total. The van der Waals surface area contributed by atoms with Gasteiger partial charge in [-0.2, -0.15) is 0 Å². The minimum Gasteiger partial charge on any atom is -0.345 e. The number of thiazole rings is 1. The van der Waals surface area contributed by atoms with E-state index in [1.807, 2.05) is 6.92 Å². The van der Waals surface area contributed by atoms with Crippen LogP contribution in [0.3, 0.4) is 0 Å². The molecule has 0 aliphatic heterocycles. The average molecular weight is 220 g/mol. The number of hydrogen-bond donors (Lipinski definition) is 0. The van der Waals surface area contributed by atoms with Gasteiger partial charge in [-0.3, -0.25) is 9.09 Å². The van der Waals surface area contributed by atoms with Gasteiger partial charge in [-0.15, -0.1) is 11.3 Å². The van der Waals surface area contributed by atoms with Crippen LogP contribution in [0.1, 0.15) is 19.5 Å². The molecule has 1 rings (SSSR count). The summed E-state index contributed by atoms with van der Waals surface area (Å²) in [6.45, 7) is 4.02. The second kappa shape index (κ2) is 4.86. The van der Waals surface area contributed by atoms with Crippen LogP contribution in [-0.4, -0.2) is 11.6 Å². The van der Waals surface area contributed by atoms with E-state index in [1.54, 1.807) is 12.3 Å². The van der Waals surface area contributed by atoms with Crippen LogP contribution in [-0.2, 0) is 19.6 Å². The van der Waals surface area contributed by atoms with Gasteiger partial charge in [0.1, 0.15) is 5.69 Å². The van der Waals surface area contributed by atoms with E-state index in [2.05, 4.69) is 10.5 Å². The molecule has 0 spiro atoms. The lowest BCUT2D eigenvalue weighted by Crippen LogP contribution is -2.26. The van der Waals surface area contributed by atoms with E-state index in [0.29, 0.717) is 12.3 Å². The van der Waals surface area contributed by atoms with E-state index < -0.39 is 14.5 Å². The van der Waals surface area contributed by atoms with Crippen molar-refractivity contribution in [1.82, 2.24) is 4.98 Å². The fourth-order valence-corrected chi connectivity index (χ4v) is 1.88. The summed E-state index contributed by atoms with van der Waals surface area (Å²) in [5.41, 5.74) is 3.30. The highest BCUT2D eigenvalue weighted by atomic mass is 32.1. The molecule has 0 N–H and O–H groups in total. The van der Waals surface area contributed by atoms with E-state index in [0.717, 1.165) is 0 Å². The van der Waals surface area contributed by atoms with Crippen molar-refractivity contribution < 1.29 is 13.8 Å². The summed E-state index contributed by atoms with van der Waals surface area (Å²) in [7, 11) is -1.31. The van der Waals surface area contributed by atoms with Gasteiger partial charge in [-0.1, -0.05) is 0 Å². The zero-order valence-corrected chi connectivity index (χ0v) is 9.41. The summed E-state index contributed by atoms with van der Waals surface area (Å²) in [4.78, 5) is 3.94. The van der Waals surface area contributed by atoms with Crippen molar-refractivity contribution in [2.24, 2.45) is 0 Å². The highest BCUT2D eigenvalue weighted by Crippen LogP contribution is 2.29. The Kier molecular flexibility index (Phi) is 4.06. The standard InChI is InChI=1S/C7H11NO3PS/c1-3-10-7(2,11-12-9)6-4-13-5-8-6/h4H,3,12H2,1-2H3. The number of nitrogens with zero attached hydrogens (tertiary/aromatic N) is 1. The summed E-state index contributed by atoms with van der Waals surface area (Å²) < 4.78 is 20.8. The molecule has 0 bridgehead atoms. The summed E-state index contributed by atoms with van der Waals surface area (Å²) in [6, 6.07) is 0. The maximum atomic E-state index is 10.5. The highest BCUT2D eigenvalue weighted by Gasteiger charge is 2.29. The minimum atomic E-state index is -1.31. The van der Waals surface area contributed by atoms with Crippen LogP contribution in [0.5, 0.6) is 0 Å². The van der Waals surface area contributed by atoms with Gasteiger partial charge in [-0.25, -0.2) is 4.98 Å². The molecule has 1 radical (unpaired) electrons. The van der Waals surface area contributed by atoms with Crippen LogP contribution in [0.2, 0.25) is 0 Å². The van der Waals surface area contributed by atoms with Crippen LogP contribution in [0.4, 0.5) is 0 Å². The van der Waals surface area contributed by atoms with Gasteiger partial charge in [0.15, 0.2) is 14.2 Å². The van der Waals surface area contributed by atoms with Gasteiger partial charge >= 0.3 is 0 Å². The fraction of sp³-hybridized carbons (Fsp3) is 0.571. The number of ether oxygens (including phenoxy) is 1. The molecule has 0 aromatic carbocycles. The lowest BCUT2D eigenvalue weighted by molar-refractivity contribution is -0.171. The molecule has 0 aliphatic rings. The predicted molar refractivity (Wildman–Crippen MR) is 51.4 cm³/mol. The SMILES string of the molecule is CCOC(C)(O[PH2]=O)c1cs[c]n1. The zero-order chi connectivity index (χ0) is 9.73. The smallest absolute Gasteiger partial charge is 0.216 e. The van der Waals surface area contributed by atoms with Crippen molar-refractivity contribution in [3.05, 3.63) is 16.6 Å². The van der Waals surface area contributed by atoms with Crippen LogP contribution >= 0.6 is 20.0 Å². The summed E-state index contributed by atoms with van der Waals surface area (Å²) in [5, 5.41) is 1.77. The maximum Gasteiger partial charge on any atom is 0.216 e. The van der Waals surface area contributed by atoms with Crippen molar-refractivity contribution in [3.63, 3.8) is 0 Å². The molecule has 13 heavy (non-hydrogen) atoms. The summed E-state index contributed by atoms with van der Waals surface area (Å²) >= 11 is 1.33. The molecule has 1 heterocycles. The molecular formula is C7H11NO3PS. The minimum absolute atomic E-state index is 0.480. The number of hydrogen-bond acceptors (Lipinski definition) is 5. The first-order chi connectivity index (χ1) is 6.23. The third kappa shape index (κ3) is 2.61. The van der Waals surface area contributed by atoms with Gasteiger partial charge < -0.3 is 4.74 Å². The largest absolute Gasteiger partial charge is 0.345 e. The van der Waals surface area contributed by atoms with E-state index in [1.165, 1.54) is 11.3 Å². The quantitative estimate of drug-likeness (QED) is 0.561. The first-order valence-corrected chi connectivity index (χ1v) is 5.62. The van der Waals surface area contributed by atoms with Crippen LogP contribution in [0.25, 0.3) is 0 Å². The Hall–Kier alpha value is -0.220. The molecule has 1 aromatic heterocycles. The second-order valence-corrected chi connectivity index (χ2v) is 3.50. The highest BCUT2D eigenvalue weighted by molar-refractivity contribution is 7.17. The molecule has 0 amide bonds. The first-order valence-electron chi connectivity index (χ1n) is 3.80. The third-order valence-corrected chi connectivity index (χ3v) is 2.63. The van der Waals surface area contributed by atoms with Crippen molar-refractivity contribution in [3.8, 4) is 0 Å². The molecule has 1 aromatic rings. The van der Waals surface area contributed by atoms with Gasteiger partial charge in [-0.05, 0) is 13.8 Å². The van der Waals surface area contributed by atoms with Crippen LogP contribution < -0.4 is 0 Å².